The van der Waals surface area contributed by atoms with Gasteiger partial charge < -0.3 is 11.1 Å². The van der Waals surface area contributed by atoms with E-state index >= 15 is 0 Å². The van der Waals surface area contributed by atoms with Gasteiger partial charge >= 0.3 is 0 Å². The molecule has 1 amide bonds. The molecule has 0 fully saturated rings. The van der Waals surface area contributed by atoms with Crippen molar-refractivity contribution in [1.82, 2.24) is 20.3 Å². The monoisotopic (exact) mass is 318 g/mol. The van der Waals surface area contributed by atoms with E-state index in [1.54, 1.807) is 32.9 Å². The topological polar surface area (TPSA) is 129 Å². The number of carbonyl (C=O) groups is 1. The van der Waals surface area contributed by atoms with Crippen molar-refractivity contribution in [1.29, 1.82) is 0 Å². The van der Waals surface area contributed by atoms with Gasteiger partial charge in [0.1, 0.15) is 0 Å². The average Bonchev–Trinajstić information content (AvgIpc) is 2.88. The van der Waals surface area contributed by atoms with E-state index in [2.05, 4.69) is 15.6 Å². The second kappa shape index (κ2) is 6.13. The lowest BCUT2D eigenvalue weighted by atomic mass is 10.1. The maximum Gasteiger partial charge on any atom is 0.274 e. The van der Waals surface area contributed by atoms with Crippen LogP contribution in [-0.4, -0.2) is 37.9 Å². The van der Waals surface area contributed by atoms with Crippen LogP contribution >= 0.6 is 0 Å². The number of nitrogens with one attached hydrogen (secondary N) is 1. The van der Waals surface area contributed by atoms with Gasteiger partial charge in [-0.05, 0) is 26.8 Å². The van der Waals surface area contributed by atoms with Gasteiger partial charge in [-0.25, -0.2) is 4.68 Å². The molecular formula is C14H18N6O3. The standard InChI is InChI=1S/C14H18N6O3/c1-9-12(13(21)16-14(2,3)8-15)17-18-19(9)10-5-4-6-11(7-10)20(22)23/h4-7H,8,15H2,1-3H3,(H,16,21). The van der Waals surface area contributed by atoms with Crippen LogP contribution in [0.2, 0.25) is 0 Å². The molecule has 0 saturated heterocycles. The molecule has 122 valence electrons. The van der Waals surface area contributed by atoms with Crippen LogP contribution in [0.1, 0.15) is 30.0 Å². The Bertz CT molecular complexity index is 753. The van der Waals surface area contributed by atoms with E-state index < -0.39 is 16.4 Å². The van der Waals surface area contributed by atoms with Crippen LogP contribution in [0.5, 0.6) is 0 Å². The van der Waals surface area contributed by atoms with Gasteiger partial charge in [-0.15, -0.1) is 5.10 Å². The van der Waals surface area contributed by atoms with Crippen LogP contribution in [-0.2, 0) is 0 Å². The molecule has 0 aliphatic carbocycles. The number of carbonyl (C=O) groups excluding carboxylic acids is 1. The summed E-state index contributed by atoms with van der Waals surface area (Å²) >= 11 is 0. The van der Waals surface area contributed by atoms with Crippen molar-refractivity contribution >= 4 is 11.6 Å². The highest BCUT2D eigenvalue weighted by atomic mass is 16.6. The minimum absolute atomic E-state index is 0.0623. The molecule has 1 aromatic heterocycles. The Kier molecular flexibility index (Phi) is 4.41. The summed E-state index contributed by atoms with van der Waals surface area (Å²) in [4.78, 5) is 22.6. The Morgan fingerprint density at radius 3 is 2.78 bits per heavy atom. The predicted molar refractivity (Wildman–Crippen MR) is 83.4 cm³/mol. The Morgan fingerprint density at radius 2 is 2.17 bits per heavy atom. The molecule has 0 aliphatic heterocycles. The van der Waals surface area contributed by atoms with Gasteiger partial charge in [0.2, 0.25) is 0 Å². The first kappa shape index (κ1) is 16.6. The first-order valence-electron chi connectivity index (χ1n) is 6.95. The summed E-state index contributed by atoms with van der Waals surface area (Å²) in [6, 6.07) is 5.95. The lowest BCUT2D eigenvalue weighted by Crippen LogP contribution is -2.49. The average molecular weight is 318 g/mol. The largest absolute Gasteiger partial charge is 0.344 e. The number of nitrogens with zero attached hydrogens (tertiary/aromatic N) is 4. The highest BCUT2D eigenvalue weighted by Gasteiger charge is 2.24. The van der Waals surface area contributed by atoms with Crippen molar-refractivity contribution < 1.29 is 9.72 Å². The van der Waals surface area contributed by atoms with Crippen LogP contribution in [0, 0.1) is 17.0 Å². The third kappa shape index (κ3) is 3.51. The first-order valence-corrected chi connectivity index (χ1v) is 6.95. The summed E-state index contributed by atoms with van der Waals surface area (Å²) < 4.78 is 1.39. The van der Waals surface area contributed by atoms with E-state index in [0.29, 0.717) is 11.4 Å². The lowest BCUT2D eigenvalue weighted by molar-refractivity contribution is -0.384. The molecule has 0 spiro atoms. The fourth-order valence-electron chi connectivity index (χ4n) is 1.94. The zero-order chi connectivity index (χ0) is 17.2. The van der Waals surface area contributed by atoms with Crippen molar-refractivity contribution in [2.75, 3.05) is 6.54 Å². The number of hydrogen-bond acceptors (Lipinski definition) is 6. The summed E-state index contributed by atoms with van der Waals surface area (Å²) in [6.07, 6.45) is 0. The second-order valence-electron chi connectivity index (χ2n) is 5.75. The van der Waals surface area contributed by atoms with E-state index in [4.69, 9.17) is 5.73 Å². The van der Waals surface area contributed by atoms with E-state index in [1.165, 1.54) is 16.8 Å². The molecule has 9 heteroatoms. The fourth-order valence-corrected chi connectivity index (χ4v) is 1.94. The number of aromatic nitrogens is 3. The van der Waals surface area contributed by atoms with E-state index in [-0.39, 0.29) is 17.9 Å². The first-order chi connectivity index (χ1) is 10.7. The molecule has 0 radical (unpaired) electrons. The van der Waals surface area contributed by atoms with Crippen LogP contribution in [0.25, 0.3) is 5.69 Å². The smallest absolute Gasteiger partial charge is 0.274 e. The van der Waals surface area contributed by atoms with E-state index in [9.17, 15) is 14.9 Å². The fraction of sp³-hybridized carbons (Fsp3) is 0.357. The van der Waals surface area contributed by atoms with Crippen molar-refractivity contribution in [3.8, 4) is 5.69 Å². The molecule has 0 atom stereocenters. The second-order valence-corrected chi connectivity index (χ2v) is 5.75. The molecule has 2 aromatic rings. The molecule has 0 saturated carbocycles. The van der Waals surface area contributed by atoms with Gasteiger partial charge in [0.15, 0.2) is 5.69 Å². The Labute approximate surface area is 132 Å². The maximum absolute atomic E-state index is 12.3. The Balaban J connectivity index is 2.34. The van der Waals surface area contributed by atoms with Crippen LogP contribution in [0.3, 0.4) is 0 Å². The van der Waals surface area contributed by atoms with Gasteiger partial charge in [-0.2, -0.15) is 0 Å². The third-order valence-electron chi connectivity index (χ3n) is 3.36. The summed E-state index contributed by atoms with van der Waals surface area (Å²) in [5.41, 5.74) is 6.05. The Hall–Kier alpha value is -2.81. The number of nitro benzene ring substituents is 1. The van der Waals surface area contributed by atoms with Gasteiger partial charge in [0, 0.05) is 24.2 Å². The van der Waals surface area contributed by atoms with Crippen molar-refractivity contribution in [2.24, 2.45) is 5.73 Å². The summed E-state index contributed by atoms with van der Waals surface area (Å²) in [7, 11) is 0. The van der Waals surface area contributed by atoms with E-state index in [1.807, 2.05) is 0 Å². The highest BCUT2D eigenvalue weighted by molar-refractivity contribution is 5.93. The van der Waals surface area contributed by atoms with Crippen molar-refractivity contribution in [2.45, 2.75) is 26.3 Å². The van der Waals surface area contributed by atoms with Gasteiger partial charge in [-0.3, -0.25) is 14.9 Å². The molecular weight excluding hydrogens is 300 g/mol. The number of non-ortho nitro benzene ring substituents is 1. The summed E-state index contributed by atoms with van der Waals surface area (Å²) in [5, 5.41) is 21.4. The minimum Gasteiger partial charge on any atom is -0.344 e. The number of nitrogens with two attached hydrogens (primary N) is 1. The van der Waals surface area contributed by atoms with Gasteiger partial charge in [0.25, 0.3) is 11.6 Å². The molecule has 0 aliphatic rings. The summed E-state index contributed by atoms with van der Waals surface area (Å²) in [5.74, 6) is -0.394. The molecule has 3 N–H and O–H groups in total. The summed E-state index contributed by atoms with van der Waals surface area (Å²) in [6.45, 7) is 5.54. The third-order valence-corrected chi connectivity index (χ3v) is 3.36. The number of benzene rings is 1. The molecule has 0 unspecified atom stereocenters. The molecule has 0 bridgehead atoms. The van der Waals surface area contributed by atoms with Crippen LogP contribution in [0.4, 0.5) is 5.69 Å². The molecule has 1 heterocycles. The van der Waals surface area contributed by atoms with Crippen molar-refractivity contribution in [3.05, 3.63) is 45.8 Å². The zero-order valence-corrected chi connectivity index (χ0v) is 13.1. The van der Waals surface area contributed by atoms with E-state index in [0.717, 1.165) is 0 Å². The Morgan fingerprint density at radius 1 is 1.48 bits per heavy atom. The molecule has 23 heavy (non-hydrogen) atoms. The molecule has 1 aromatic carbocycles. The normalized spacial score (nSPS) is 11.3. The quantitative estimate of drug-likeness (QED) is 0.623. The van der Waals surface area contributed by atoms with Crippen molar-refractivity contribution in [3.63, 3.8) is 0 Å². The maximum atomic E-state index is 12.3. The van der Waals surface area contributed by atoms with Gasteiger partial charge in [-0.1, -0.05) is 11.3 Å². The SMILES string of the molecule is Cc1c(C(=O)NC(C)(C)CN)nnn1-c1cccc([N+](=O)[O-])c1. The molecule has 2 rings (SSSR count). The number of nitro groups is 1. The lowest BCUT2D eigenvalue weighted by Gasteiger charge is -2.23. The number of hydrogen-bond donors (Lipinski definition) is 2. The van der Waals surface area contributed by atoms with Gasteiger partial charge in [0.05, 0.1) is 16.3 Å². The van der Waals surface area contributed by atoms with Crippen LogP contribution in [0.15, 0.2) is 24.3 Å². The predicted octanol–water partition coefficient (Wildman–Crippen LogP) is 0.951. The highest BCUT2D eigenvalue weighted by Crippen LogP contribution is 2.18. The number of amides is 1. The van der Waals surface area contributed by atoms with Crippen LogP contribution < -0.4 is 11.1 Å². The molecule has 9 nitrogen and oxygen atoms in total. The minimum atomic E-state index is -0.571. The zero-order valence-electron chi connectivity index (χ0n) is 13.1. The number of rotatable bonds is 5.